The second-order valence-corrected chi connectivity index (χ2v) is 18.8. The van der Waals surface area contributed by atoms with E-state index in [1.54, 1.807) is 27.7 Å². The van der Waals surface area contributed by atoms with Crippen molar-refractivity contribution in [2.45, 2.75) is 119 Å². The van der Waals surface area contributed by atoms with Crippen LogP contribution in [0.5, 0.6) is 0 Å². The van der Waals surface area contributed by atoms with Gasteiger partial charge in [-0.25, -0.2) is 0 Å². The number of allylic oxidation sites excluding steroid dienone is 4. The van der Waals surface area contributed by atoms with Crippen molar-refractivity contribution in [3.63, 3.8) is 0 Å². The van der Waals surface area contributed by atoms with Crippen LogP contribution in [0.1, 0.15) is 119 Å². The third-order valence-corrected chi connectivity index (χ3v) is 15.3. The maximum atomic E-state index is 13.6. The van der Waals surface area contributed by atoms with Gasteiger partial charge >= 0.3 is 51.0 Å². The van der Waals surface area contributed by atoms with Gasteiger partial charge in [0.15, 0.2) is 0 Å². The SMILES string of the molecule is CCCCC1=C(P(=O)(OCOC(=O)CC)OCOC(=O)CC)C[C@H](C(=O)O)CS1.CCCCC1=C(P(=O)(OCOC(=O)CC)OCOC(=O)CC)C[C@H](C(=O)O)CS1. The molecule has 0 saturated carbocycles. The molecule has 2 aliphatic heterocycles. The highest BCUT2D eigenvalue weighted by Crippen LogP contribution is 2.63. The first-order valence-corrected chi connectivity index (χ1v) is 24.2. The molecule has 0 aliphatic carbocycles. The van der Waals surface area contributed by atoms with Gasteiger partial charge < -0.3 is 29.2 Å². The van der Waals surface area contributed by atoms with Gasteiger partial charge in [-0.05, 0) is 48.3 Å². The maximum Gasteiger partial charge on any atom is 0.363 e. The number of hydrogen-bond donors (Lipinski definition) is 2. The van der Waals surface area contributed by atoms with Gasteiger partial charge in [0, 0.05) is 37.2 Å². The van der Waals surface area contributed by atoms with Crippen LogP contribution in [0.2, 0.25) is 0 Å². The lowest BCUT2D eigenvalue weighted by Crippen LogP contribution is -2.22. The Morgan fingerprint density at radius 1 is 0.534 bits per heavy atom. The fourth-order valence-electron chi connectivity index (χ4n) is 4.78. The fourth-order valence-corrected chi connectivity index (χ4v) is 11.5. The lowest BCUT2D eigenvalue weighted by molar-refractivity contribution is -0.154. The summed E-state index contributed by atoms with van der Waals surface area (Å²) in [5.74, 6) is -5.00. The zero-order chi connectivity index (χ0) is 43.7. The van der Waals surface area contributed by atoms with Crippen LogP contribution in [0.25, 0.3) is 0 Å². The van der Waals surface area contributed by atoms with Gasteiger partial charge in [0.25, 0.3) is 0 Å². The summed E-state index contributed by atoms with van der Waals surface area (Å²) < 4.78 is 67.8. The summed E-state index contributed by atoms with van der Waals surface area (Å²) in [5.41, 5.74) is 0. The number of esters is 4. The Hall–Kier alpha value is -2.70. The summed E-state index contributed by atoms with van der Waals surface area (Å²) in [6, 6.07) is 0. The Morgan fingerprint density at radius 3 is 1.03 bits per heavy atom. The molecule has 0 aromatic rings. The molecule has 58 heavy (non-hydrogen) atoms. The molecule has 18 nitrogen and oxygen atoms in total. The highest BCUT2D eigenvalue weighted by Gasteiger charge is 2.41. The van der Waals surface area contributed by atoms with Crippen LogP contribution in [-0.2, 0) is 74.9 Å². The lowest BCUT2D eigenvalue weighted by Gasteiger charge is -2.29. The van der Waals surface area contributed by atoms with Crippen LogP contribution < -0.4 is 0 Å². The Kier molecular flexibility index (Phi) is 26.4. The van der Waals surface area contributed by atoms with E-state index in [1.165, 1.54) is 23.5 Å². The maximum absolute atomic E-state index is 13.6. The third-order valence-electron chi connectivity index (χ3n) is 8.24. The summed E-state index contributed by atoms with van der Waals surface area (Å²) in [6.45, 7) is 7.97. The van der Waals surface area contributed by atoms with Crippen LogP contribution in [0.3, 0.4) is 0 Å². The number of unbranched alkanes of at least 4 members (excludes halogenated alkanes) is 2. The Bertz CT molecular complexity index is 1380. The van der Waals surface area contributed by atoms with E-state index in [9.17, 15) is 48.1 Å². The van der Waals surface area contributed by atoms with Crippen LogP contribution in [0.4, 0.5) is 0 Å². The number of thioether (sulfide) groups is 2. The van der Waals surface area contributed by atoms with Crippen LogP contribution >= 0.6 is 38.7 Å². The van der Waals surface area contributed by atoms with Gasteiger partial charge in [-0.2, -0.15) is 0 Å². The molecule has 332 valence electrons. The molecule has 0 amide bonds. The molecule has 0 saturated heterocycles. The minimum atomic E-state index is -4.06. The number of carboxylic acid groups (broad SMARTS) is 2. The van der Waals surface area contributed by atoms with Crippen LogP contribution in [0.15, 0.2) is 20.4 Å². The van der Waals surface area contributed by atoms with E-state index < -0.39 is 90.0 Å². The molecule has 2 N–H and O–H groups in total. The van der Waals surface area contributed by atoms with Crippen LogP contribution in [0, 0.1) is 11.8 Å². The predicted molar refractivity (Wildman–Crippen MR) is 214 cm³/mol. The first-order valence-electron chi connectivity index (χ1n) is 19.1. The molecule has 0 spiro atoms. The molecule has 0 aromatic heterocycles. The molecular weight excluding hydrogens is 846 g/mol. The number of ether oxygens (including phenoxy) is 4. The molecule has 2 rings (SSSR count). The summed E-state index contributed by atoms with van der Waals surface area (Å²) in [4.78, 5) is 69.9. The number of carbonyl (C=O) groups is 6. The van der Waals surface area contributed by atoms with Gasteiger partial charge in [-0.3, -0.25) is 56.0 Å². The topological polar surface area (TPSA) is 251 Å². The molecule has 0 fully saturated rings. The average Bonchev–Trinajstić information content (AvgIpc) is 3.21. The molecule has 0 radical (unpaired) electrons. The Morgan fingerprint density at radius 2 is 0.810 bits per heavy atom. The normalized spacial score (nSPS) is 17.1. The molecular formula is C36H58O18P2S2. The first kappa shape index (κ1) is 53.3. The summed E-state index contributed by atoms with van der Waals surface area (Å²) in [7, 11) is -8.12. The van der Waals surface area contributed by atoms with Crippen molar-refractivity contribution in [1.82, 2.24) is 0 Å². The van der Waals surface area contributed by atoms with Gasteiger partial charge in [-0.1, -0.05) is 54.4 Å². The van der Waals surface area contributed by atoms with E-state index in [1.807, 2.05) is 13.8 Å². The third kappa shape index (κ3) is 19.1. The zero-order valence-electron chi connectivity index (χ0n) is 34.0. The second-order valence-electron chi connectivity index (χ2n) is 12.5. The molecule has 2 heterocycles. The van der Waals surface area contributed by atoms with Crippen LogP contribution in [-0.4, -0.2) is 84.7 Å². The fraction of sp³-hybridized carbons (Fsp3) is 0.722. The zero-order valence-corrected chi connectivity index (χ0v) is 37.4. The Balaban J connectivity index is 0.000000580. The molecule has 0 aromatic carbocycles. The highest BCUT2D eigenvalue weighted by molar-refractivity contribution is 8.03. The molecule has 2 atom stereocenters. The van der Waals surface area contributed by atoms with Crippen molar-refractivity contribution in [2.24, 2.45) is 11.8 Å². The van der Waals surface area contributed by atoms with Gasteiger partial charge in [-0.15, -0.1) is 23.5 Å². The van der Waals surface area contributed by atoms with E-state index in [4.69, 9.17) is 37.0 Å². The first-order chi connectivity index (χ1) is 27.5. The summed E-state index contributed by atoms with van der Waals surface area (Å²) >= 11 is 2.63. The largest absolute Gasteiger partial charge is 0.481 e. The molecule has 0 unspecified atom stereocenters. The number of carbonyl (C=O) groups excluding carboxylic acids is 4. The number of rotatable bonds is 26. The van der Waals surface area contributed by atoms with Crippen molar-refractivity contribution in [3.05, 3.63) is 20.4 Å². The minimum Gasteiger partial charge on any atom is -0.481 e. The van der Waals surface area contributed by atoms with Crippen molar-refractivity contribution < 1.29 is 85.2 Å². The number of aliphatic carboxylic acids is 2. The van der Waals surface area contributed by atoms with Crippen molar-refractivity contribution >= 4 is 74.5 Å². The van der Waals surface area contributed by atoms with E-state index in [-0.39, 0.29) is 49.2 Å². The van der Waals surface area contributed by atoms with E-state index in [2.05, 4.69) is 0 Å². The van der Waals surface area contributed by atoms with Gasteiger partial charge in [0.2, 0.25) is 27.2 Å². The smallest absolute Gasteiger partial charge is 0.363 e. The average molecular weight is 905 g/mol. The minimum absolute atomic E-state index is 0.0118. The summed E-state index contributed by atoms with van der Waals surface area (Å²) in [5, 5.41) is 19.3. The van der Waals surface area contributed by atoms with E-state index in [0.29, 0.717) is 24.3 Å². The monoisotopic (exact) mass is 904 g/mol. The molecule has 22 heteroatoms. The van der Waals surface area contributed by atoms with Gasteiger partial charge in [0.05, 0.1) is 22.5 Å². The van der Waals surface area contributed by atoms with Crippen molar-refractivity contribution in [3.8, 4) is 0 Å². The number of hydrogen-bond acceptors (Lipinski definition) is 18. The lowest BCUT2D eigenvalue weighted by atomic mass is 10.1. The molecule has 2 aliphatic rings. The van der Waals surface area contributed by atoms with E-state index >= 15 is 0 Å². The standard InChI is InChI=1S/2C18H29O9PS/c2*1-4-7-8-15-14(9-13(10-29-15)18(21)22)28(23,26-11-24-16(19)5-2)27-12-25-17(20)6-3/h2*13H,4-12H2,1-3H3,(H,21,22)/t2*13-/m00/s1. The molecule has 0 bridgehead atoms. The summed E-state index contributed by atoms with van der Waals surface area (Å²) in [6.07, 6.45) is 5.07. The highest BCUT2D eigenvalue weighted by atomic mass is 32.2. The van der Waals surface area contributed by atoms with E-state index in [0.717, 1.165) is 35.5 Å². The quantitative estimate of drug-likeness (QED) is 0.0357. The second kappa shape index (κ2) is 28.7. The predicted octanol–water partition coefficient (Wildman–Crippen LogP) is 8.55. The van der Waals surface area contributed by atoms with Crippen molar-refractivity contribution in [1.29, 1.82) is 0 Å². The van der Waals surface area contributed by atoms with Gasteiger partial charge in [0.1, 0.15) is 0 Å². The number of carboxylic acids is 2. The van der Waals surface area contributed by atoms with Crippen molar-refractivity contribution in [2.75, 3.05) is 38.7 Å². The Labute approximate surface area is 348 Å².